The zero-order chi connectivity index (χ0) is 24.7. The standard InChI is InChI=1S/C24H25N5O5/c25-22(26)18-10-7-16(8-11-18)9-12-19(30)27-13-4-14-28-15-20(31)29(24(28)34)21(23(32)33)17-5-2-1-3-6-17/h1-3,5-12,21H,4,13-15H2,(H3,25,26)(H,27,30)(H,32,33)/b12-9+. The molecule has 2 aromatic carbocycles. The molecule has 5 N–H and O–H groups in total. The Morgan fingerprint density at radius 3 is 2.41 bits per heavy atom. The van der Waals surface area contributed by atoms with Crippen LogP contribution in [0.15, 0.2) is 60.7 Å². The van der Waals surface area contributed by atoms with E-state index in [1.165, 1.54) is 11.0 Å². The van der Waals surface area contributed by atoms with E-state index >= 15 is 0 Å². The van der Waals surface area contributed by atoms with Crippen molar-refractivity contribution < 1.29 is 24.3 Å². The van der Waals surface area contributed by atoms with Gasteiger partial charge in [-0.05, 0) is 23.6 Å². The summed E-state index contributed by atoms with van der Waals surface area (Å²) in [5, 5.41) is 19.7. The normalized spacial score (nSPS) is 14.5. The van der Waals surface area contributed by atoms with Gasteiger partial charge in [-0.2, -0.15) is 0 Å². The average Bonchev–Trinajstić information content (AvgIpc) is 3.09. The van der Waals surface area contributed by atoms with Crippen molar-refractivity contribution >= 4 is 35.7 Å². The van der Waals surface area contributed by atoms with Gasteiger partial charge in [-0.25, -0.2) is 14.5 Å². The lowest BCUT2D eigenvalue weighted by Gasteiger charge is -2.23. The molecular weight excluding hydrogens is 438 g/mol. The number of aliphatic carboxylic acids is 1. The maximum absolute atomic E-state index is 12.7. The molecule has 10 nitrogen and oxygen atoms in total. The molecule has 4 amide bonds. The molecule has 0 bridgehead atoms. The van der Waals surface area contributed by atoms with Gasteiger partial charge >= 0.3 is 12.0 Å². The molecule has 1 aliphatic heterocycles. The quantitative estimate of drug-likeness (QED) is 0.138. The number of benzene rings is 2. The predicted molar refractivity (Wildman–Crippen MR) is 125 cm³/mol. The summed E-state index contributed by atoms with van der Waals surface area (Å²) in [6.45, 7) is 0.254. The van der Waals surface area contributed by atoms with Crippen LogP contribution in [0.4, 0.5) is 4.79 Å². The first-order valence-electron chi connectivity index (χ1n) is 10.6. The third-order valence-electron chi connectivity index (χ3n) is 5.23. The molecule has 1 atom stereocenters. The molecule has 1 heterocycles. The molecule has 176 valence electrons. The molecule has 0 aromatic heterocycles. The van der Waals surface area contributed by atoms with Crippen LogP contribution >= 0.6 is 0 Å². The number of rotatable bonds is 10. The summed E-state index contributed by atoms with van der Waals surface area (Å²) in [4.78, 5) is 51.0. The van der Waals surface area contributed by atoms with E-state index in [9.17, 15) is 24.3 Å². The lowest BCUT2D eigenvalue weighted by atomic mass is 10.1. The number of imide groups is 1. The fourth-order valence-electron chi connectivity index (χ4n) is 3.52. The molecule has 0 spiro atoms. The monoisotopic (exact) mass is 463 g/mol. The highest BCUT2D eigenvalue weighted by Crippen LogP contribution is 2.26. The van der Waals surface area contributed by atoms with Crippen molar-refractivity contribution in [3.8, 4) is 0 Å². The minimum absolute atomic E-state index is 0.0341. The Morgan fingerprint density at radius 1 is 1.12 bits per heavy atom. The van der Waals surface area contributed by atoms with Crippen LogP contribution in [0, 0.1) is 5.41 Å². The summed E-state index contributed by atoms with van der Waals surface area (Å²) in [7, 11) is 0. The number of hydrogen-bond acceptors (Lipinski definition) is 5. The summed E-state index contributed by atoms with van der Waals surface area (Å²) < 4.78 is 0. The maximum Gasteiger partial charge on any atom is 0.331 e. The van der Waals surface area contributed by atoms with Crippen molar-refractivity contribution in [2.45, 2.75) is 12.5 Å². The third-order valence-corrected chi connectivity index (χ3v) is 5.23. The van der Waals surface area contributed by atoms with E-state index in [1.807, 2.05) is 0 Å². The van der Waals surface area contributed by atoms with Crippen molar-refractivity contribution in [2.24, 2.45) is 5.73 Å². The molecule has 0 radical (unpaired) electrons. The van der Waals surface area contributed by atoms with Gasteiger partial charge in [0.1, 0.15) is 12.4 Å². The number of carbonyl (C=O) groups is 4. The number of carbonyl (C=O) groups excluding carboxylic acids is 3. The molecule has 34 heavy (non-hydrogen) atoms. The third kappa shape index (κ3) is 5.85. The van der Waals surface area contributed by atoms with E-state index < -0.39 is 23.9 Å². The summed E-state index contributed by atoms with van der Waals surface area (Å²) in [5.74, 6) is -2.22. The Balaban J connectivity index is 1.49. The van der Waals surface area contributed by atoms with Crippen molar-refractivity contribution in [3.05, 3.63) is 77.4 Å². The Labute approximate surface area is 196 Å². The Bertz CT molecular complexity index is 1110. The van der Waals surface area contributed by atoms with Gasteiger partial charge in [0.05, 0.1) is 0 Å². The number of nitrogen functional groups attached to an aromatic ring is 1. The lowest BCUT2D eigenvalue weighted by Crippen LogP contribution is -2.40. The van der Waals surface area contributed by atoms with Crippen molar-refractivity contribution in [2.75, 3.05) is 19.6 Å². The number of urea groups is 1. The van der Waals surface area contributed by atoms with Crippen LogP contribution in [-0.4, -0.2) is 64.2 Å². The molecule has 0 aliphatic carbocycles. The number of nitrogens with zero attached hydrogens (tertiary/aromatic N) is 2. The van der Waals surface area contributed by atoms with Gasteiger partial charge in [0.2, 0.25) is 5.91 Å². The predicted octanol–water partition coefficient (Wildman–Crippen LogP) is 1.58. The summed E-state index contributed by atoms with van der Waals surface area (Å²) in [5.41, 5.74) is 7.11. The largest absolute Gasteiger partial charge is 0.479 e. The highest BCUT2D eigenvalue weighted by Gasteiger charge is 2.43. The first-order valence-corrected chi connectivity index (χ1v) is 10.6. The van der Waals surface area contributed by atoms with Gasteiger partial charge in [0.25, 0.3) is 5.91 Å². The summed E-state index contributed by atoms with van der Waals surface area (Å²) >= 11 is 0. The second-order valence-corrected chi connectivity index (χ2v) is 7.63. The topological polar surface area (TPSA) is 157 Å². The SMILES string of the molecule is N=C(N)c1ccc(/C=C/C(=O)NCCCN2CC(=O)N(C(C(=O)O)c3ccccc3)C2=O)cc1. The van der Waals surface area contributed by atoms with E-state index in [0.717, 1.165) is 10.5 Å². The van der Waals surface area contributed by atoms with Gasteiger partial charge in [0, 0.05) is 24.7 Å². The van der Waals surface area contributed by atoms with Crippen LogP contribution in [-0.2, 0) is 14.4 Å². The zero-order valence-electron chi connectivity index (χ0n) is 18.3. The molecule has 1 aliphatic rings. The van der Waals surface area contributed by atoms with Crippen LogP contribution in [0.2, 0.25) is 0 Å². The Morgan fingerprint density at radius 2 is 1.79 bits per heavy atom. The highest BCUT2D eigenvalue weighted by atomic mass is 16.4. The number of carboxylic acids is 1. The van der Waals surface area contributed by atoms with E-state index in [-0.39, 0.29) is 31.4 Å². The molecule has 10 heteroatoms. The van der Waals surface area contributed by atoms with Crippen LogP contribution in [0.5, 0.6) is 0 Å². The summed E-state index contributed by atoms with van der Waals surface area (Å²) in [6, 6.07) is 12.9. The minimum atomic E-state index is -1.39. The lowest BCUT2D eigenvalue weighted by molar-refractivity contribution is -0.146. The van der Waals surface area contributed by atoms with E-state index in [1.54, 1.807) is 60.7 Å². The van der Waals surface area contributed by atoms with Crippen LogP contribution < -0.4 is 11.1 Å². The van der Waals surface area contributed by atoms with Crippen LogP contribution in [0.1, 0.15) is 29.2 Å². The molecule has 0 saturated carbocycles. The van der Waals surface area contributed by atoms with Crippen molar-refractivity contribution in [1.82, 2.24) is 15.1 Å². The average molecular weight is 463 g/mol. The molecule has 3 rings (SSSR count). The first-order chi connectivity index (χ1) is 16.3. The van der Waals surface area contributed by atoms with Crippen molar-refractivity contribution in [1.29, 1.82) is 5.41 Å². The second kappa shape index (κ2) is 10.9. The van der Waals surface area contributed by atoms with E-state index in [0.29, 0.717) is 17.5 Å². The van der Waals surface area contributed by atoms with E-state index in [2.05, 4.69) is 5.32 Å². The molecule has 1 fully saturated rings. The van der Waals surface area contributed by atoms with Crippen LogP contribution in [0.3, 0.4) is 0 Å². The number of nitrogens with two attached hydrogens (primary N) is 1. The zero-order valence-corrected chi connectivity index (χ0v) is 18.3. The van der Waals surface area contributed by atoms with E-state index in [4.69, 9.17) is 11.1 Å². The van der Waals surface area contributed by atoms with Gasteiger partial charge in [-0.3, -0.25) is 15.0 Å². The van der Waals surface area contributed by atoms with Crippen molar-refractivity contribution in [3.63, 3.8) is 0 Å². The molecule has 1 unspecified atom stereocenters. The van der Waals surface area contributed by atoms with Gasteiger partial charge in [0.15, 0.2) is 6.04 Å². The number of amidine groups is 1. The number of nitrogens with one attached hydrogen (secondary N) is 2. The van der Waals surface area contributed by atoms with Crippen LogP contribution in [0.25, 0.3) is 6.08 Å². The summed E-state index contributed by atoms with van der Waals surface area (Å²) in [6.07, 6.45) is 3.38. The fourth-order valence-corrected chi connectivity index (χ4v) is 3.52. The molecule has 1 saturated heterocycles. The smallest absolute Gasteiger partial charge is 0.331 e. The van der Waals surface area contributed by atoms with Gasteiger partial charge in [-0.15, -0.1) is 0 Å². The number of hydrogen-bond donors (Lipinski definition) is 4. The Hall–Kier alpha value is -4.47. The number of amides is 4. The minimum Gasteiger partial charge on any atom is -0.479 e. The van der Waals surface area contributed by atoms with Gasteiger partial charge < -0.3 is 21.1 Å². The highest BCUT2D eigenvalue weighted by molar-refractivity contribution is 6.05. The maximum atomic E-state index is 12.7. The first kappa shape index (κ1) is 24.2. The molecule has 2 aromatic rings. The number of carboxylic acid groups (broad SMARTS) is 1. The molecular formula is C24H25N5O5. The second-order valence-electron chi connectivity index (χ2n) is 7.63. The Kier molecular flexibility index (Phi) is 7.75. The fraction of sp³-hybridized carbons (Fsp3) is 0.208. The van der Waals surface area contributed by atoms with Gasteiger partial charge in [-0.1, -0.05) is 54.6 Å².